The molecule has 0 aliphatic rings. The van der Waals surface area contributed by atoms with Gasteiger partial charge in [0, 0.05) is 0 Å². The Bertz CT molecular complexity index is 649. The van der Waals surface area contributed by atoms with Crippen molar-refractivity contribution in [2.45, 2.75) is 18.7 Å². The molecule has 0 aliphatic carbocycles. The van der Waals surface area contributed by atoms with Crippen LogP contribution in [-0.4, -0.2) is 15.5 Å². The SMILES string of the molecule is CNS(=O)(=O)c1c(C)cc(C#N)c(C)c1C#N. The van der Waals surface area contributed by atoms with Crippen LogP contribution in [0.5, 0.6) is 0 Å². The highest BCUT2D eigenvalue weighted by molar-refractivity contribution is 7.89. The molecular formula is C11H11N3O2S. The van der Waals surface area contributed by atoms with Crippen molar-refractivity contribution >= 4 is 10.0 Å². The molecule has 0 aliphatic heterocycles. The van der Waals surface area contributed by atoms with E-state index in [2.05, 4.69) is 4.72 Å². The lowest BCUT2D eigenvalue weighted by Crippen LogP contribution is -2.21. The van der Waals surface area contributed by atoms with Crippen LogP contribution in [0.15, 0.2) is 11.0 Å². The second-order valence-electron chi connectivity index (χ2n) is 3.50. The number of hydrogen-bond acceptors (Lipinski definition) is 4. The lowest BCUT2D eigenvalue weighted by molar-refractivity contribution is 0.587. The molecule has 0 bridgehead atoms. The third kappa shape index (κ3) is 2.14. The second kappa shape index (κ2) is 4.54. The molecule has 0 saturated carbocycles. The molecule has 6 heteroatoms. The Kier molecular flexibility index (Phi) is 3.52. The van der Waals surface area contributed by atoms with E-state index in [1.165, 1.54) is 13.1 Å². The van der Waals surface area contributed by atoms with Gasteiger partial charge < -0.3 is 0 Å². The predicted molar refractivity (Wildman–Crippen MR) is 61.6 cm³/mol. The van der Waals surface area contributed by atoms with Gasteiger partial charge in [0.2, 0.25) is 10.0 Å². The van der Waals surface area contributed by atoms with Crippen LogP contribution >= 0.6 is 0 Å². The van der Waals surface area contributed by atoms with E-state index in [1.807, 2.05) is 12.1 Å². The van der Waals surface area contributed by atoms with Gasteiger partial charge in [0.25, 0.3) is 0 Å². The highest BCUT2D eigenvalue weighted by atomic mass is 32.2. The minimum absolute atomic E-state index is 0.0240. The molecule has 0 unspecified atom stereocenters. The fourth-order valence-corrected chi connectivity index (χ4v) is 2.75. The number of hydrogen-bond donors (Lipinski definition) is 1. The van der Waals surface area contributed by atoms with Gasteiger partial charge in [-0.15, -0.1) is 0 Å². The molecule has 88 valence electrons. The first-order chi connectivity index (χ1) is 7.88. The number of nitrogens with one attached hydrogen (secondary N) is 1. The van der Waals surface area contributed by atoms with Crippen molar-refractivity contribution in [3.8, 4) is 12.1 Å². The number of benzene rings is 1. The third-order valence-electron chi connectivity index (χ3n) is 2.49. The fraction of sp³-hybridized carbons (Fsp3) is 0.273. The van der Waals surface area contributed by atoms with Crippen molar-refractivity contribution < 1.29 is 8.42 Å². The van der Waals surface area contributed by atoms with Crippen LogP contribution in [0.3, 0.4) is 0 Å². The Labute approximate surface area is 100 Å². The monoisotopic (exact) mass is 249 g/mol. The fourth-order valence-electron chi connectivity index (χ4n) is 1.59. The van der Waals surface area contributed by atoms with Crippen LogP contribution in [-0.2, 0) is 10.0 Å². The molecule has 0 spiro atoms. The molecule has 0 atom stereocenters. The van der Waals surface area contributed by atoms with E-state index in [4.69, 9.17) is 10.5 Å². The lowest BCUT2D eigenvalue weighted by Gasteiger charge is -2.11. The van der Waals surface area contributed by atoms with Gasteiger partial charge in [0.15, 0.2) is 0 Å². The summed E-state index contributed by atoms with van der Waals surface area (Å²) in [5.41, 5.74) is 1.11. The van der Waals surface area contributed by atoms with Crippen molar-refractivity contribution in [1.82, 2.24) is 4.72 Å². The second-order valence-corrected chi connectivity index (χ2v) is 5.32. The first-order valence-electron chi connectivity index (χ1n) is 4.77. The van der Waals surface area contributed by atoms with Crippen LogP contribution in [0.2, 0.25) is 0 Å². The zero-order valence-corrected chi connectivity index (χ0v) is 10.5. The standard InChI is InChI=1S/C11H11N3O2S/c1-7-4-9(5-12)8(2)10(6-13)11(7)17(15,16)14-3/h4,14H,1-3H3. The summed E-state index contributed by atoms with van der Waals surface area (Å²) in [5, 5.41) is 17.9. The Balaban J connectivity index is 3.84. The summed E-state index contributed by atoms with van der Waals surface area (Å²) >= 11 is 0. The molecule has 0 heterocycles. The Morgan fingerprint density at radius 3 is 2.24 bits per heavy atom. The van der Waals surface area contributed by atoms with Gasteiger partial charge in [0.05, 0.1) is 17.2 Å². The van der Waals surface area contributed by atoms with E-state index in [-0.39, 0.29) is 10.5 Å². The summed E-state index contributed by atoms with van der Waals surface area (Å²) in [6.07, 6.45) is 0. The molecule has 0 aromatic heterocycles. The minimum atomic E-state index is -3.70. The van der Waals surface area contributed by atoms with Crippen molar-refractivity contribution in [2.24, 2.45) is 0 Å². The smallest absolute Gasteiger partial charge is 0.214 e. The van der Waals surface area contributed by atoms with E-state index in [0.29, 0.717) is 16.7 Å². The van der Waals surface area contributed by atoms with Crippen molar-refractivity contribution in [3.63, 3.8) is 0 Å². The van der Waals surface area contributed by atoms with Crippen LogP contribution in [0.1, 0.15) is 22.3 Å². The summed E-state index contributed by atoms with van der Waals surface area (Å²) in [4.78, 5) is -0.0565. The molecule has 1 N–H and O–H groups in total. The van der Waals surface area contributed by atoms with Crippen molar-refractivity contribution in [3.05, 3.63) is 28.3 Å². The van der Waals surface area contributed by atoms with Gasteiger partial charge in [-0.3, -0.25) is 0 Å². The Hall–Kier alpha value is -1.89. The van der Waals surface area contributed by atoms with E-state index < -0.39 is 10.0 Å². The van der Waals surface area contributed by atoms with Gasteiger partial charge in [-0.05, 0) is 38.1 Å². The van der Waals surface area contributed by atoms with E-state index in [9.17, 15) is 8.42 Å². The summed E-state index contributed by atoms with van der Waals surface area (Å²) in [7, 11) is -2.42. The topological polar surface area (TPSA) is 93.8 Å². The van der Waals surface area contributed by atoms with Crippen LogP contribution in [0, 0.1) is 36.5 Å². The van der Waals surface area contributed by atoms with Crippen LogP contribution in [0.4, 0.5) is 0 Å². The number of rotatable bonds is 2. The summed E-state index contributed by atoms with van der Waals surface area (Å²) in [5.74, 6) is 0. The van der Waals surface area contributed by atoms with Gasteiger partial charge in [-0.25, -0.2) is 13.1 Å². The number of sulfonamides is 1. The molecule has 5 nitrogen and oxygen atoms in total. The highest BCUT2D eigenvalue weighted by Crippen LogP contribution is 2.25. The molecular weight excluding hydrogens is 238 g/mol. The Morgan fingerprint density at radius 2 is 1.82 bits per heavy atom. The largest absolute Gasteiger partial charge is 0.241 e. The summed E-state index contributed by atoms with van der Waals surface area (Å²) in [6, 6.07) is 5.26. The van der Waals surface area contributed by atoms with Gasteiger partial charge >= 0.3 is 0 Å². The first kappa shape index (κ1) is 13.2. The first-order valence-corrected chi connectivity index (χ1v) is 6.25. The maximum atomic E-state index is 11.8. The number of nitriles is 2. The molecule has 0 fully saturated rings. The van der Waals surface area contributed by atoms with Crippen LogP contribution < -0.4 is 4.72 Å². The van der Waals surface area contributed by atoms with Gasteiger partial charge in [-0.1, -0.05) is 0 Å². The molecule has 0 amide bonds. The maximum absolute atomic E-state index is 11.8. The third-order valence-corrected chi connectivity index (χ3v) is 4.10. The average Bonchev–Trinajstić information content (AvgIpc) is 2.30. The van der Waals surface area contributed by atoms with Crippen molar-refractivity contribution in [2.75, 3.05) is 7.05 Å². The van der Waals surface area contributed by atoms with Crippen molar-refractivity contribution in [1.29, 1.82) is 10.5 Å². The van der Waals surface area contributed by atoms with E-state index in [0.717, 1.165) is 0 Å². The van der Waals surface area contributed by atoms with Crippen LogP contribution in [0.25, 0.3) is 0 Å². The molecule has 1 rings (SSSR count). The average molecular weight is 249 g/mol. The quantitative estimate of drug-likeness (QED) is 0.844. The molecule has 1 aromatic rings. The minimum Gasteiger partial charge on any atom is -0.214 e. The van der Waals surface area contributed by atoms with Gasteiger partial charge in [0.1, 0.15) is 11.0 Å². The molecule has 0 saturated heterocycles. The van der Waals surface area contributed by atoms with Gasteiger partial charge in [-0.2, -0.15) is 10.5 Å². The summed E-state index contributed by atoms with van der Waals surface area (Å²) < 4.78 is 25.8. The lowest BCUT2D eigenvalue weighted by atomic mass is 10.0. The molecule has 17 heavy (non-hydrogen) atoms. The zero-order valence-electron chi connectivity index (χ0n) is 9.70. The number of nitrogens with zero attached hydrogens (tertiary/aromatic N) is 2. The predicted octanol–water partition coefficient (Wildman–Crippen LogP) is 0.955. The highest BCUT2D eigenvalue weighted by Gasteiger charge is 2.23. The molecule has 1 aromatic carbocycles. The number of aryl methyl sites for hydroxylation is 1. The Morgan fingerprint density at radius 1 is 1.24 bits per heavy atom. The van der Waals surface area contributed by atoms with E-state index in [1.54, 1.807) is 13.8 Å². The molecule has 0 radical (unpaired) electrons. The zero-order chi connectivity index (χ0) is 13.2. The van der Waals surface area contributed by atoms with E-state index >= 15 is 0 Å². The summed E-state index contributed by atoms with van der Waals surface area (Å²) in [6.45, 7) is 3.12. The normalized spacial score (nSPS) is 10.6. The maximum Gasteiger partial charge on any atom is 0.241 e.